The molecule has 0 aliphatic rings. The zero-order chi connectivity index (χ0) is 13.7. The van der Waals surface area contributed by atoms with Crippen molar-refractivity contribution in [3.8, 4) is 6.07 Å². The van der Waals surface area contributed by atoms with E-state index in [1.165, 1.54) is 16.3 Å². The van der Waals surface area contributed by atoms with Gasteiger partial charge in [0, 0.05) is 13.1 Å². The van der Waals surface area contributed by atoms with Crippen molar-refractivity contribution in [3.05, 3.63) is 48.0 Å². The maximum Gasteiger partial charge on any atom is 0.0671 e. The number of hydrogen-bond donors (Lipinski definition) is 1. The number of benzene rings is 2. The Morgan fingerprint density at radius 1 is 1.11 bits per heavy atom. The van der Waals surface area contributed by atoms with Crippen LogP contribution in [-0.2, 0) is 6.54 Å². The Morgan fingerprint density at radius 3 is 2.58 bits per heavy atom. The minimum absolute atomic E-state index is 0.0787. The molecule has 0 radical (unpaired) electrons. The van der Waals surface area contributed by atoms with Crippen LogP contribution in [0.15, 0.2) is 42.5 Å². The van der Waals surface area contributed by atoms with Crippen LogP contribution in [0.1, 0.15) is 19.4 Å². The average Bonchev–Trinajstić information content (AvgIpc) is 2.43. The van der Waals surface area contributed by atoms with Crippen molar-refractivity contribution in [2.75, 3.05) is 6.54 Å². The van der Waals surface area contributed by atoms with Crippen LogP contribution in [0.5, 0.6) is 0 Å². The van der Waals surface area contributed by atoms with Gasteiger partial charge in [0.05, 0.1) is 12.0 Å². The van der Waals surface area contributed by atoms with E-state index < -0.39 is 0 Å². The second-order valence-electron chi connectivity index (χ2n) is 5.25. The standard InChI is InChI=1S/C17H20N2/c1-13(2)16(10-18)12-19-11-15-8-5-7-14-6-3-4-9-17(14)15/h3-9,13,16,19H,11-12H2,1-2H3. The lowest BCUT2D eigenvalue weighted by Gasteiger charge is -2.14. The quantitative estimate of drug-likeness (QED) is 0.880. The molecular formula is C17H20N2. The summed E-state index contributed by atoms with van der Waals surface area (Å²) in [5, 5.41) is 15.0. The van der Waals surface area contributed by atoms with Crippen LogP contribution in [0.25, 0.3) is 10.8 Å². The molecular weight excluding hydrogens is 232 g/mol. The van der Waals surface area contributed by atoms with Crippen LogP contribution >= 0.6 is 0 Å². The van der Waals surface area contributed by atoms with Gasteiger partial charge < -0.3 is 5.32 Å². The summed E-state index contributed by atoms with van der Waals surface area (Å²) in [6, 6.07) is 17.1. The van der Waals surface area contributed by atoms with Gasteiger partial charge in [-0.05, 0) is 22.3 Å². The third-order valence-corrected chi connectivity index (χ3v) is 3.53. The molecule has 0 bridgehead atoms. The monoisotopic (exact) mass is 252 g/mol. The molecule has 0 saturated carbocycles. The number of fused-ring (bicyclic) bond motifs is 1. The van der Waals surface area contributed by atoms with E-state index in [2.05, 4.69) is 67.7 Å². The minimum atomic E-state index is 0.0787. The van der Waals surface area contributed by atoms with E-state index in [0.29, 0.717) is 5.92 Å². The summed E-state index contributed by atoms with van der Waals surface area (Å²) in [4.78, 5) is 0. The molecule has 2 rings (SSSR count). The first kappa shape index (κ1) is 13.6. The van der Waals surface area contributed by atoms with Crippen molar-refractivity contribution >= 4 is 10.8 Å². The summed E-state index contributed by atoms with van der Waals surface area (Å²) in [6.07, 6.45) is 0. The predicted octanol–water partition coefficient (Wildman–Crippen LogP) is 3.73. The maximum atomic E-state index is 9.08. The van der Waals surface area contributed by atoms with E-state index in [-0.39, 0.29) is 5.92 Å². The molecule has 0 aliphatic heterocycles. The van der Waals surface area contributed by atoms with Gasteiger partial charge in [-0.15, -0.1) is 0 Å². The van der Waals surface area contributed by atoms with Crippen LogP contribution < -0.4 is 5.32 Å². The molecule has 2 aromatic rings. The number of hydrogen-bond acceptors (Lipinski definition) is 2. The van der Waals surface area contributed by atoms with E-state index in [1.54, 1.807) is 0 Å². The van der Waals surface area contributed by atoms with Gasteiger partial charge in [-0.2, -0.15) is 5.26 Å². The van der Waals surface area contributed by atoms with Crippen molar-refractivity contribution in [3.63, 3.8) is 0 Å². The second kappa shape index (κ2) is 6.36. The predicted molar refractivity (Wildman–Crippen MR) is 79.6 cm³/mol. The third kappa shape index (κ3) is 3.33. The SMILES string of the molecule is CC(C)C(C#N)CNCc1cccc2ccccc12. The number of nitrogens with zero attached hydrogens (tertiary/aromatic N) is 1. The summed E-state index contributed by atoms with van der Waals surface area (Å²) < 4.78 is 0. The highest BCUT2D eigenvalue weighted by Gasteiger charge is 2.11. The van der Waals surface area contributed by atoms with Gasteiger partial charge in [-0.25, -0.2) is 0 Å². The molecule has 0 fully saturated rings. The highest BCUT2D eigenvalue weighted by molar-refractivity contribution is 5.85. The molecule has 0 spiro atoms. The zero-order valence-corrected chi connectivity index (χ0v) is 11.6. The Morgan fingerprint density at radius 2 is 1.84 bits per heavy atom. The molecule has 2 heteroatoms. The van der Waals surface area contributed by atoms with Crippen LogP contribution in [0.4, 0.5) is 0 Å². The fourth-order valence-corrected chi connectivity index (χ4v) is 2.24. The lowest BCUT2D eigenvalue weighted by Crippen LogP contribution is -2.24. The van der Waals surface area contributed by atoms with Crippen LogP contribution in [0, 0.1) is 23.2 Å². The van der Waals surface area contributed by atoms with Gasteiger partial charge in [0.15, 0.2) is 0 Å². The van der Waals surface area contributed by atoms with Crippen LogP contribution in [0.3, 0.4) is 0 Å². The molecule has 1 unspecified atom stereocenters. The van der Waals surface area contributed by atoms with Gasteiger partial charge in [-0.3, -0.25) is 0 Å². The van der Waals surface area contributed by atoms with Crippen LogP contribution in [0.2, 0.25) is 0 Å². The van der Waals surface area contributed by atoms with Gasteiger partial charge in [0.2, 0.25) is 0 Å². The lowest BCUT2D eigenvalue weighted by atomic mass is 9.97. The first-order chi connectivity index (χ1) is 9.22. The van der Waals surface area contributed by atoms with E-state index in [9.17, 15) is 0 Å². The molecule has 1 N–H and O–H groups in total. The van der Waals surface area contributed by atoms with Crippen molar-refractivity contribution in [1.82, 2.24) is 5.32 Å². The first-order valence-corrected chi connectivity index (χ1v) is 6.79. The average molecular weight is 252 g/mol. The molecule has 98 valence electrons. The molecule has 0 aromatic heterocycles. The van der Waals surface area contributed by atoms with Gasteiger partial charge in [0.1, 0.15) is 0 Å². The van der Waals surface area contributed by atoms with Crippen molar-refractivity contribution in [1.29, 1.82) is 5.26 Å². The van der Waals surface area contributed by atoms with Crippen LogP contribution in [-0.4, -0.2) is 6.54 Å². The Hall–Kier alpha value is -1.85. The van der Waals surface area contributed by atoms with E-state index in [1.807, 2.05) is 0 Å². The largest absolute Gasteiger partial charge is 0.311 e. The topological polar surface area (TPSA) is 35.8 Å². The van der Waals surface area contributed by atoms with Crippen molar-refractivity contribution in [2.24, 2.45) is 11.8 Å². The number of nitrogens with one attached hydrogen (secondary N) is 1. The fraction of sp³-hybridized carbons (Fsp3) is 0.353. The number of rotatable bonds is 5. The molecule has 19 heavy (non-hydrogen) atoms. The lowest BCUT2D eigenvalue weighted by molar-refractivity contribution is 0.442. The van der Waals surface area contributed by atoms with Crippen molar-refractivity contribution < 1.29 is 0 Å². The molecule has 0 saturated heterocycles. The molecule has 0 heterocycles. The first-order valence-electron chi connectivity index (χ1n) is 6.79. The van der Waals surface area contributed by atoms with E-state index in [4.69, 9.17) is 5.26 Å². The van der Waals surface area contributed by atoms with Gasteiger partial charge in [0.25, 0.3) is 0 Å². The molecule has 2 nitrogen and oxygen atoms in total. The van der Waals surface area contributed by atoms with Gasteiger partial charge >= 0.3 is 0 Å². The van der Waals surface area contributed by atoms with Crippen molar-refractivity contribution in [2.45, 2.75) is 20.4 Å². The number of nitriles is 1. The molecule has 2 aromatic carbocycles. The Balaban J connectivity index is 2.05. The fourth-order valence-electron chi connectivity index (χ4n) is 2.24. The highest BCUT2D eigenvalue weighted by Crippen LogP contribution is 2.18. The highest BCUT2D eigenvalue weighted by atomic mass is 14.9. The Labute approximate surface area is 115 Å². The van der Waals surface area contributed by atoms with E-state index in [0.717, 1.165) is 13.1 Å². The summed E-state index contributed by atoms with van der Waals surface area (Å²) in [5.74, 6) is 0.472. The normalized spacial score (nSPS) is 12.5. The third-order valence-electron chi connectivity index (χ3n) is 3.53. The summed E-state index contributed by atoms with van der Waals surface area (Å²) in [5.41, 5.74) is 1.29. The maximum absolute atomic E-state index is 9.08. The Bertz CT molecular complexity index is 576. The summed E-state index contributed by atoms with van der Waals surface area (Å²) in [6.45, 7) is 5.74. The molecule has 0 amide bonds. The smallest absolute Gasteiger partial charge is 0.0671 e. The summed E-state index contributed by atoms with van der Waals surface area (Å²) >= 11 is 0. The zero-order valence-electron chi connectivity index (χ0n) is 11.6. The molecule has 0 aliphatic carbocycles. The van der Waals surface area contributed by atoms with E-state index >= 15 is 0 Å². The summed E-state index contributed by atoms with van der Waals surface area (Å²) in [7, 11) is 0. The second-order valence-corrected chi connectivity index (χ2v) is 5.25. The van der Waals surface area contributed by atoms with Gasteiger partial charge in [-0.1, -0.05) is 56.3 Å². The minimum Gasteiger partial charge on any atom is -0.311 e. The Kier molecular flexibility index (Phi) is 4.54. The molecule has 1 atom stereocenters.